The van der Waals surface area contributed by atoms with Gasteiger partial charge >= 0.3 is 23.8 Å². The summed E-state index contributed by atoms with van der Waals surface area (Å²) in [6, 6.07) is 11.1. The molecule has 0 unspecified atom stereocenters. The maximum absolute atomic E-state index is 12.1. The Hall–Kier alpha value is -3.68. The summed E-state index contributed by atoms with van der Waals surface area (Å²) in [7, 11) is 1.27. The van der Waals surface area contributed by atoms with E-state index in [9.17, 15) is 19.2 Å². The van der Waals surface area contributed by atoms with Crippen molar-refractivity contribution in [1.29, 1.82) is 0 Å². The van der Waals surface area contributed by atoms with Crippen LogP contribution in [0.1, 0.15) is 27.9 Å². The average Bonchev–Trinajstić information content (AvgIpc) is 2.68. The van der Waals surface area contributed by atoms with Crippen molar-refractivity contribution < 1.29 is 29.0 Å². The van der Waals surface area contributed by atoms with Gasteiger partial charge in [-0.3, -0.25) is 14.4 Å². The fourth-order valence-corrected chi connectivity index (χ4v) is 2.42. The number of carbonyl (C=O) groups excluding carboxylic acids is 3. The van der Waals surface area contributed by atoms with Gasteiger partial charge in [0.25, 0.3) is 0 Å². The molecule has 0 saturated carbocycles. The molecular weight excluding hydrogens is 364 g/mol. The second-order valence-corrected chi connectivity index (χ2v) is 6.02. The quantitative estimate of drug-likeness (QED) is 0.519. The Labute approximate surface area is 161 Å². The SMILES string of the molecule is COC(=O)c1ccc(NC(=O)C(=O)Nc2ccc(CCC(=O)O)cc2)c(C)c1. The summed E-state index contributed by atoms with van der Waals surface area (Å²) in [6.07, 6.45) is 0.396. The van der Waals surface area contributed by atoms with Gasteiger partial charge in [-0.1, -0.05) is 12.1 Å². The molecule has 8 nitrogen and oxygen atoms in total. The summed E-state index contributed by atoms with van der Waals surface area (Å²) in [5.74, 6) is -3.09. The number of anilines is 2. The van der Waals surface area contributed by atoms with Gasteiger partial charge in [-0.05, 0) is 54.8 Å². The number of methoxy groups -OCH3 is 1. The van der Waals surface area contributed by atoms with E-state index < -0.39 is 23.8 Å². The largest absolute Gasteiger partial charge is 0.481 e. The molecule has 0 aliphatic carbocycles. The third-order valence-corrected chi connectivity index (χ3v) is 3.94. The molecule has 146 valence electrons. The molecule has 2 aromatic rings. The second kappa shape index (κ2) is 9.31. The van der Waals surface area contributed by atoms with E-state index >= 15 is 0 Å². The predicted molar refractivity (Wildman–Crippen MR) is 102 cm³/mol. The van der Waals surface area contributed by atoms with Crippen LogP contribution in [0.4, 0.5) is 11.4 Å². The van der Waals surface area contributed by atoms with Crippen LogP contribution in [0.5, 0.6) is 0 Å². The molecule has 2 aromatic carbocycles. The molecule has 0 atom stereocenters. The Morgan fingerprint density at radius 3 is 2.18 bits per heavy atom. The van der Waals surface area contributed by atoms with Gasteiger partial charge in [-0.15, -0.1) is 0 Å². The van der Waals surface area contributed by atoms with Crippen LogP contribution in [0.25, 0.3) is 0 Å². The highest BCUT2D eigenvalue weighted by Gasteiger charge is 2.16. The lowest BCUT2D eigenvalue weighted by Crippen LogP contribution is -2.29. The van der Waals surface area contributed by atoms with Crippen molar-refractivity contribution in [1.82, 2.24) is 0 Å². The van der Waals surface area contributed by atoms with Crippen molar-refractivity contribution in [2.24, 2.45) is 0 Å². The minimum absolute atomic E-state index is 0.0161. The maximum atomic E-state index is 12.1. The number of aliphatic carboxylic acids is 1. The average molecular weight is 384 g/mol. The summed E-state index contributed by atoms with van der Waals surface area (Å²) in [5.41, 5.74) is 2.57. The number of ether oxygens (including phenoxy) is 1. The normalized spacial score (nSPS) is 10.1. The Morgan fingerprint density at radius 1 is 0.964 bits per heavy atom. The molecule has 0 aliphatic heterocycles. The molecule has 2 rings (SSSR count). The Kier molecular flexibility index (Phi) is 6.86. The lowest BCUT2D eigenvalue weighted by Gasteiger charge is -2.10. The summed E-state index contributed by atoms with van der Waals surface area (Å²) in [5, 5.41) is 13.6. The van der Waals surface area contributed by atoms with Crippen LogP contribution >= 0.6 is 0 Å². The molecule has 3 N–H and O–H groups in total. The van der Waals surface area contributed by atoms with Crippen molar-refractivity contribution in [2.75, 3.05) is 17.7 Å². The first-order valence-corrected chi connectivity index (χ1v) is 8.42. The molecular formula is C20H20N2O6. The smallest absolute Gasteiger partial charge is 0.337 e. The van der Waals surface area contributed by atoms with Crippen LogP contribution in [0.3, 0.4) is 0 Å². The van der Waals surface area contributed by atoms with E-state index in [2.05, 4.69) is 15.4 Å². The van der Waals surface area contributed by atoms with Gasteiger partial charge in [-0.25, -0.2) is 4.79 Å². The van der Waals surface area contributed by atoms with Crippen LogP contribution in [0.15, 0.2) is 42.5 Å². The van der Waals surface area contributed by atoms with Crippen molar-refractivity contribution in [3.8, 4) is 0 Å². The molecule has 0 spiro atoms. The van der Waals surface area contributed by atoms with Crippen LogP contribution in [0, 0.1) is 6.92 Å². The van der Waals surface area contributed by atoms with Gasteiger partial charge in [0.1, 0.15) is 0 Å². The second-order valence-electron chi connectivity index (χ2n) is 6.02. The highest BCUT2D eigenvalue weighted by Crippen LogP contribution is 2.17. The van der Waals surface area contributed by atoms with E-state index in [-0.39, 0.29) is 6.42 Å². The molecule has 8 heteroatoms. The monoisotopic (exact) mass is 384 g/mol. The van der Waals surface area contributed by atoms with Crippen molar-refractivity contribution in [3.05, 3.63) is 59.2 Å². The number of benzene rings is 2. The Bertz CT molecular complexity index is 905. The van der Waals surface area contributed by atoms with Gasteiger partial charge in [0, 0.05) is 17.8 Å². The number of carbonyl (C=O) groups is 4. The summed E-state index contributed by atoms with van der Waals surface area (Å²) in [4.78, 5) is 46.3. The van der Waals surface area contributed by atoms with E-state index in [1.165, 1.54) is 19.2 Å². The van der Waals surface area contributed by atoms with Crippen LogP contribution in [-0.4, -0.2) is 36.0 Å². The van der Waals surface area contributed by atoms with E-state index in [1.54, 1.807) is 37.3 Å². The zero-order valence-electron chi connectivity index (χ0n) is 15.4. The third kappa shape index (κ3) is 5.66. The van der Waals surface area contributed by atoms with Crippen LogP contribution in [0.2, 0.25) is 0 Å². The fourth-order valence-electron chi connectivity index (χ4n) is 2.42. The maximum Gasteiger partial charge on any atom is 0.337 e. The molecule has 0 aliphatic rings. The van der Waals surface area contributed by atoms with Gasteiger partial charge in [0.15, 0.2) is 0 Å². The lowest BCUT2D eigenvalue weighted by atomic mass is 10.1. The Balaban J connectivity index is 1.96. The molecule has 0 aromatic heterocycles. The first-order valence-electron chi connectivity index (χ1n) is 8.42. The van der Waals surface area contributed by atoms with E-state index in [1.807, 2.05) is 0 Å². The van der Waals surface area contributed by atoms with Crippen molar-refractivity contribution >= 4 is 35.1 Å². The predicted octanol–water partition coefficient (Wildman–Crippen LogP) is 2.38. The van der Waals surface area contributed by atoms with Crippen molar-refractivity contribution in [3.63, 3.8) is 0 Å². The van der Waals surface area contributed by atoms with Crippen molar-refractivity contribution in [2.45, 2.75) is 19.8 Å². The summed E-state index contributed by atoms with van der Waals surface area (Å²) >= 11 is 0. The zero-order chi connectivity index (χ0) is 20.7. The summed E-state index contributed by atoms with van der Waals surface area (Å²) in [6.45, 7) is 1.69. The number of hydrogen-bond donors (Lipinski definition) is 3. The van der Waals surface area contributed by atoms with Gasteiger partial charge in [0.05, 0.1) is 12.7 Å². The third-order valence-electron chi connectivity index (χ3n) is 3.94. The number of carboxylic acid groups (broad SMARTS) is 1. The highest BCUT2D eigenvalue weighted by atomic mass is 16.5. The van der Waals surface area contributed by atoms with Gasteiger partial charge in [-0.2, -0.15) is 0 Å². The van der Waals surface area contributed by atoms with E-state index in [0.29, 0.717) is 28.9 Å². The Morgan fingerprint density at radius 2 is 1.61 bits per heavy atom. The number of carboxylic acids is 1. The first kappa shape index (κ1) is 20.6. The zero-order valence-corrected chi connectivity index (χ0v) is 15.4. The summed E-state index contributed by atoms with van der Waals surface area (Å²) < 4.78 is 4.63. The minimum Gasteiger partial charge on any atom is -0.481 e. The molecule has 0 bridgehead atoms. The molecule has 0 radical (unpaired) electrons. The van der Waals surface area contributed by atoms with E-state index in [0.717, 1.165) is 5.56 Å². The molecule has 0 fully saturated rings. The minimum atomic E-state index is -0.885. The highest BCUT2D eigenvalue weighted by molar-refractivity contribution is 6.43. The van der Waals surface area contributed by atoms with Gasteiger partial charge < -0.3 is 20.5 Å². The number of hydrogen-bond acceptors (Lipinski definition) is 5. The van der Waals surface area contributed by atoms with Crippen LogP contribution in [-0.2, 0) is 25.5 Å². The molecule has 2 amide bonds. The molecule has 0 saturated heterocycles. The lowest BCUT2D eigenvalue weighted by molar-refractivity contribution is -0.137. The first-order chi connectivity index (χ1) is 13.3. The fraction of sp³-hybridized carbons (Fsp3) is 0.200. The number of esters is 1. The number of aryl methyl sites for hydroxylation is 2. The van der Waals surface area contributed by atoms with Gasteiger partial charge in [0.2, 0.25) is 0 Å². The molecule has 28 heavy (non-hydrogen) atoms. The van der Waals surface area contributed by atoms with Crippen LogP contribution < -0.4 is 10.6 Å². The number of amides is 2. The number of rotatable bonds is 6. The topological polar surface area (TPSA) is 122 Å². The number of nitrogens with one attached hydrogen (secondary N) is 2. The van der Waals surface area contributed by atoms with E-state index in [4.69, 9.17) is 5.11 Å². The standard InChI is InChI=1S/C20H20N2O6/c1-12-11-14(20(27)28-2)6-9-16(12)22-19(26)18(25)21-15-7-3-13(4-8-15)5-10-17(23)24/h3-4,6-9,11H,5,10H2,1-2H3,(H,21,25)(H,22,26)(H,23,24). The molecule has 0 heterocycles.